The molecule has 0 bridgehead atoms. The maximum absolute atomic E-state index is 13.4. The molecule has 0 aliphatic heterocycles. The highest BCUT2D eigenvalue weighted by Gasteiger charge is 2.09. The van der Waals surface area contributed by atoms with Gasteiger partial charge in [0.2, 0.25) is 0 Å². The summed E-state index contributed by atoms with van der Waals surface area (Å²) in [7, 11) is 0. The maximum Gasteiger partial charge on any atom is 0.127 e. The summed E-state index contributed by atoms with van der Waals surface area (Å²) < 4.78 is 15.3. The van der Waals surface area contributed by atoms with Gasteiger partial charge in [-0.05, 0) is 31.5 Å². The van der Waals surface area contributed by atoms with Crippen molar-refractivity contribution in [2.45, 2.75) is 26.9 Å². The fourth-order valence-corrected chi connectivity index (χ4v) is 1.95. The first-order chi connectivity index (χ1) is 8.17. The van der Waals surface area contributed by atoms with Gasteiger partial charge in [-0.3, -0.25) is 4.68 Å². The van der Waals surface area contributed by atoms with E-state index >= 15 is 0 Å². The Morgan fingerprint density at radius 3 is 2.76 bits per heavy atom. The van der Waals surface area contributed by atoms with Crippen LogP contribution in [0.4, 0.5) is 4.39 Å². The van der Waals surface area contributed by atoms with Gasteiger partial charge in [-0.1, -0.05) is 6.07 Å². The van der Waals surface area contributed by atoms with E-state index in [-0.39, 0.29) is 12.4 Å². The minimum atomic E-state index is -0.253. The SMILES string of the molecule is CCn1ncc(-c2ccc(F)c(CN)c2)c1C. The van der Waals surface area contributed by atoms with Gasteiger partial charge in [0.15, 0.2) is 0 Å². The number of aromatic nitrogens is 2. The first-order valence-electron chi connectivity index (χ1n) is 5.68. The number of aryl methyl sites for hydroxylation is 1. The molecular formula is C13H16FN3. The van der Waals surface area contributed by atoms with Gasteiger partial charge < -0.3 is 5.73 Å². The molecule has 17 heavy (non-hydrogen) atoms. The molecule has 3 nitrogen and oxygen atoms in total. The van der Waals surface area contributed by atoms with Gasteiger partial charge in [-0.25, -0.2) is 4.39 Å². The lowest BCUT2D eigenvalue weighted by Crippen LogP contribution is -2.00. The Hall–Kier alpha value is -1.68. The number of nitrogens with zero attached hydrogens (tertiary/aromatic N) is 2. The average Bonchev–Trinajstić information content (AvgIpc) is 2.71. The Morgan fingerprint density at radius 1 is 1.41 bits per heavy atom. The van der Waals surface area contributed by atoms with Crippen molar-refractivity contribution in [3.63, 3.8) is 0 Å². The summed E-state index contributed by atoms with van der Waals surface area (Å²) in [6.45, 7) is 5.09. The molecule has 1 aromatic heterocycles. The number of halogens is 1. The summed E-state index contributed by atoms with van der Waals surface area (Å²) in [4.78, 5) is 0. The first-order valence-corrected chi connectivity index (χ1v) is 5.68. The Kier molecular flexibility index (Phi) is 3.24. The summed E-state index contributed by atoms with van der Waals surface area (Å²) >= 11 is 0. The lowest BCUT2D eigenvalue weighted by atomic mass is 10.0. The minimum Gasteiger partial charge on any atom is -0.326 e. The summed E-state index contributed by atoms with van der Waals surface area (Å²) in [5.41, 5.74) is 9.12. The predicted octanol–water partition coefficient (Wildman–Crippen LogP) is 2.48. The molecule has 90 valence electrons. The third-order valence-electron chi connectivity index (χ3n) is 2.98. The molecule has 1 aromatic carbocycles. The molecule has 2 N–H and O–H groups in total. The van der Waals surface area contributed by atoms with Crippen molar-refractivity contribution in [2.24, 2.45) is 5.73 Å². The van der Waals surface area contributed by atoms with Crippen LogP contribution in [-0.2, 0) is 13.1 Å². The number of rotatable bonds is 3. The molecule has 0 amide bonds. The second kappa shape index (κ2) is 4.67. The summed E-state index contributed by atoms with van der Waals surface area (Å²) in [5.74, 6) is -0.253. The molecule has 2 aromatic rings. The van der Waals surface area contributed by atoms with Crippen LogP contribution < -0.4 is 5.73 Å². The van der Waals surface area contributed by atoms with Crippen molar-refractivity contribution >= 4 is 0 Å². The molecule has 0 aliphatic rings. The highest BCUT2D eigenvalue weighted by atomic mass is 19.1. The molecule has 0 aliphatic carbocycles. The Morgan fingerprint density at radius 2 is 2.18 bits per heavy atom. The van der Waals surface area contributed by atoms with E-state index in [9.17, 15) is 4.39 Å². The molecule has 0 atom stereocenters. The number of benzene rings is 1. The van der Waals surface area contributed by atoms with Crippen molar-refractivity contribution in [3.8, 4) is 11.1 Å². The maximum atomic E-state index is 13.4. The van der Waals surface area contributed by atoms with Gasteiger partial charge >= 0.3 is 0 Å². The van der Waals surface area contributed by atoms with Crippen LogP contribution in [0.15, 0.2) is 24.4 Å². The second-order valence-corrected chi connectivity index (χ2v) is 3.97. The Balaban J connectivity index is 2.49. The lowest BCUT2D eigenvalue weighted by molar-refractivity contribution is 0.611. The lowest BCUT2D eigenvalue weighted by Gasteiger charge is -2.05. The van der Waals surface area contributed by atoms with Crippen molar-refractivity contribution < 1.29 is 4.39 Å². The fraction of sp³-hybridized carbons (Fsp3) is 0.308. The van der Waals surface area contributed by atoms with Crippen LogP contribution in [0.3, 0.4) is 0 Å². The highest BCUT2D eigenvalue weighted by Crippen LogP contribution is 2.25. The van der Waals surface area contributed by atoms with E-state index in [1.54, 1.807) is 12.1 Å². The topological polar surface area (TPSA) is 43.8 Å². The minimum absolute atomic E-state index is 0.209. The van der Waals surface area contributed by atoms with Gasteiger partial charge in [0.05, 0.1) is 6.20 Å². The average molecular weight is 233 g/mol. The molecule has 0 radical (unpaired) electrons. The summed E-state index contributed by atoms with van der Waals surface area (Å²) in [5, 5.41) is 4.28. The molecule has 0 saturated heterocycles. The van der Waals surface area contributed by atoms with E-state index < -0.39 is 0 Å². The normalized spacial score (nSPS) is 10.8. The zero-order valence-electron chi connectivity index (χ0n) is 10.1. The van der Waals surface area contributed by atoms with Crippen LogP contribution in [-0.4, -0.2) is 9.78 Å². The zero-order valence-corrected chi connectivity index (χ0v) is 10.1. The van der Waals surface area contributed by atoms with E-state index in [0.717, 1.165) is 23.4 Å². The second-order valence-electron chi connectivity index (χ2n) is 3.97. The fourth-order valence-electron chi connectivity index (χ4n) is 1.95. The van der Waals surface area contributed by atoms with Crippen LogP contribution in [0.1, 0.15) is 18.2 Å². The van der Waals surface area contributed by atoms with E-state index in [1.807, 2.05) is 24.7 Å². The number of nitrogens with two attached hydrogens (primary N) is 1. The van der Waals surface area contributed by atoms with E-state index in [1.165, 1.54) is 6.07 Å². The van der Waals surface area contributed by atoms with Crippen molar-refractivity contribution in [2.75, 3.05) is 0 Å². The first kappa shape index (κ1) is 11.8. The molecule has 4 heteroatoms. The summed E-state index contributed by atoms with van der Waals surface area (Å²) in [6.07, 6.45) is 1.81. The van der Waals surface area contributed by atoms with Crippen molar-refractivity contribution in [3.05, 3.63) is 41.5 Å². The molecule has 2 rings (SSSR count). The van der Waals surface area contributed by atoms with Crippen LogP contribution in [0.5, 0.6) is 0 Å². The Labute approximate surface area is 100 Å². The standard InChI is InChI=1S/C13H16FN3/c1-3-17-9(2)12(8-16-17)10-4-5-13(14)11(6-10)7-15/h4-6,8H,3,7,15H2,1-2H3. The van der Waals surface area contributed by atoms with Gasteiger partial charge in [0.25, 0.3) is 0 Å². The smallest absolute Gasteiger partial charge is 0.127 e. The highest BCUT2D eigenvalue weighted by molar-refractivity contribution is 5.66. The van der Waals surface area contributed by atoms with Gasteiger partial charge in [-0.2, -0.15) is 5.10 Å². The third-order valence-corrected chi connectivity index (χ3v) is 2.98. The quantitative estimate of drug-likeness (QED) is 0.885. The van der Waals surface area contributed by atoms with Crippen LogP contribution in [0, 0.1) is 12.7 Å². The molecule has 0 spiro atoms. The van der Waals surface area contributed by atoms with Gasteiger partial charge in [-0.15, -0.1) is 0 Å². The molecule has 0 fully saturated rings. The Bertz CT molecular complexity index is 531. The van der Waals surface area contributed by atoms with Crippen molar-refractivity contribution in [1.29, 1.82) is 0 Å². The van der Waals surface area contributed by atoms with Gasteiger partial charge in [0.1, 0.15) is 5.82 Å². The van der Waals surface area contributed by atoms with Gasteiger partial charge in [0, 0.05) is 29.9 Å². The van der Waals surface area contributed by atoms with Crippen molar-refractivity contribution in [1.82, 2.24) is 9.78 Å². The van der Waals surface area contributed by atoms with Crippen LogP contribution in [0.25, 0.3) is 11.1 Å². The number of hydrogen-bond donors (Lipinski definition) is 1. The monoisotopic (exact) mass is 233 g/mol. The van der Waals surface area contributed by atoms with Crippen LogP contribution in [0.2, 0.25) is 0 Å². The van der Waals surface area contributed by atoms with E-state index in [2.05, 4.69) is 5.10 Å². The zero-order chi connectivity index (χ0) is 12.4. The molecule has 0 saturated carbocycles. The van der Waals surface area contributed by atoms with E-state index in [4.69, 9.17) is 5.73 Å². The molecular weight excluding hydrogens is 217 g/mol. The largest absolute Gasteiger partial charge is 0.326 e. The third kappa shape index (κ3) is 2.08. The summed E-state index contributed by atoms with van der Waals surface area (Å²) in [6, 6.07) is 5.01. The predicted molar refractivity (Wildman–Crippen MR) is 65.9 cm³/mol. The van der Waals surface area contributed by atoms with E-state index in [0.29, 0.717) is 5.56 Å². The molecule has 1 heterocycles. The van der Waals surface area contributed by atoms with Crippen LogP contribution >= 0.6 is 0 Å². The molecule has 0 unspecified atom stereocenters. The number of hydrogen-bond acceptors (Lipinski definition) is 2.